The van der Waals surface area contributed by atoms with Crippen molar-refractivity contribution in [3.05, 3.63) is 44.9 Å². The van der Waals surface area contributed by atoms with Crippen LogP contribution in [0.1, 0.15) is 24.6 Å². The smallest absolute Gasteiger partial charge is 0.262 e. The summed E-state index contributed by atoms with van der Waals surface area (Å²) in [5.74, 6) is 0.484. The molecule has 1 unspecified atom stereocenters. The summed E-state index contributed by atoms with van der Waals surface area (Å²) in [5.41, 5.74) is 0.530. The minimum absolute atomic E-state index is 0.144. The van der Waals surface area contributed by atoms with Gasteiger partial charge in [-0.1, -0.05) is 34.1 Å². The average Bonchev–Trinajstić information content (AvgIpc) is 2.49. The first kappa shape index (κ1) is 14.3. The number of nitrogens with one attached hydrogen (secondary N) is 2. The lowest BCUT2D eigenvalue weighted by Crippen LogP contribution is -2.30. The van der Waals surface area contributed by atoms with Crippen molar-refractivity contribution in [2.45, 2.75) is 18.8 Å². The predicted molar refractivity (Wildman–Crippen MR) is 84.5 cm³/mol. The van der Waals surface area contributed by atoms with E-state index in [0.717, 1.165) is 30.4 Å². The lowest BCUT2D eigenvalue weighted by molar-refractivity contribution is 0.421. The molecule has 110 valence electrons. The molecule has 0 amide bonds. The molecule has 0 radical (unpaired) electrons. The highest BCUT2D eigenvalue weighted by Gasteiger charge is 2.21. The normalized spacial score (nSPS) is 18.6. The van der Waals surface area contributed by atoms with Gasteiger partial charge in [0.15, 0.2) is 0 Å². The molecule has 1 atom stereocenters. The van der Waals surface area contributed by atoms with Gasteiger partial charge < -0.3 is 15.4 Å². The highest BCUT2D eigenvalue weighted by atomic mass is 79.9. The van der Waals surface area contributed by atoms with Crippen molar-refractivity contribution in [1.82, 2.24) is 15.3 Å². The second-order valence-electron chi connectivity index (χ2n) is 5.17. The zero-order chi connectivity index (χ0) is 14.8. The van der Waals surface area contributed by atoms with Gasteiger partial charge in [0.2, 0.25) is 5.88 Å². The minimum Gasteiger partial charge on any atom is -0.493 e. The Bertz CT molecular complexity index is 708. The van der Waals surface area contributed by atoms with Gasteiger partial charge >= 0.3 is 0 Å². The topological polar surface area (TPSA) is 78.0 Å². The molecule has 1 aromatic carbocycles. The van der Waals surface area contributed by atoms with E-state index in [-0.39, 0.29) is 22.9 Å². The number of aromatic amines is 1. The van der Waals surface area contributed by atoms with Gasteiger partial charge in [0, 0.05) is 22.5 Å². The average molecular weight is 350 g/mol. The Balaban J connectivity index is 2.05. The van der Waals surface area contributed by atoms with E-state index in [1.807, 2.05) is 18.2 Å². The Morgan fingerprint density at radius 3 is 2.81 bits per heavy atom. The Labute approximate surface area is 130 Å². The molecule has 5 nitrogen and oxygen atoms in total. The summed E-state index contributed by atoms with van der Waals surface area (Å²) in [7, 11) is 0. The molecule has 0 bridgehead atoms. The molecule has 1 aromatic heterocycles. The van der Waals surface area contributed by atoms with Gasteiger partial charge in [-0.3, -0.25) is 4.79 Å². The molecule has 6 heteroatoms. The van der Waals surface area contributed by atoms with E-state index in [4.69, 9.17) is 0 Å². The van der Waals surface area contributed by atoms with E-state index < -0.39 is 0 Å². The van der Waals surface area contributed by atoms with Gasteiger partial charge in [0.05, 0.1) is 0 Å². The number of halogens is 1. The second kappa shape index (κ2) is 5.99. The third-order valence-corrected chi connectivity index (χ3v) is 4.44. The number of aromatic nitrogens is 2. The highest BCUT2D eigenvalue weighted by Crippen LogP contribution is 2.31. The van der Waals surface area contributed by atoms with Gasteiger partial charge in [0.1, 0.15) is 11.4 Å². The fraction of sp³-hybridized carbons (Fsp3) is 0.333. The van der Waals surface area contributed by atoms with Crippen LogP contribution in [0.25, 0.3) is 11.1 Å². The first-order chi connectivity index (χ1) is 10.2. The van der Waals surface area contributed by atoms with E-state index in [9.17, 15) is 9.90 Å². The number of rotatable bonds is 2. The molecule has 3 N–H and O–H groups in total. The van der Waals surface area contributed by atoms with Crippen LogP contribution in [0.4, 0.5) is 0 Å². The molecule has 1 saturated heterocycles. The van der Waals surface area contributed by atoms with Gasteiger partial charge in [-0.2, -0.15) is 4.98 Å². The summed E-state index contributed by atoms with van der Waals surface area (Å²) in [6.07, 6.45) is 2.00. The van der Waals surface area contributed by atoms with Gasteiger partial charge in [-0.25, -0.2) is 0 Å². The maximum absolute atomic E-state index is 12.4. The first-order valence-corrected chi connectivity index (χ1v) is 7.75. The summed E-state index contributed by atoms with van der Waals surface area (Å²) in [6, 6.07) is 7.28. The number of piperidine rings is 1. The monoisotopic (exact) mass is 349 g/mol. The SMILES string of the molecule is O=c1[nH]c(C2CCCNC2)nc(O)c1-c1ccccc1Br. The number of nitrogens with zero attached hydrogens (tertiary/aromatic N) is 1. The van der Waals surface area contributed by atoms with Crippen LogP contribution >= 0.6 is 15.9 Å². The lowest BCUT2D eigenvalue weighted by atomic mass is 9.98. The van der Waals surface area contributed by atoms with Gasteiger partial charge in [0.25, 0.3) is 5.56 Å². The Morgan fingerprint density at radius 2 is 2.14 bits per heavy atom. The van der Waals surface area contributed by atoms with Crippen LogP contribution in [-0.4, -0.2) is 28.2 Å². The van der Waals surface area contributed by atoms with Crippen molar-refractivity contribution in [2.24, 2.45) is 0 Å². The first-order valence-electron chi connectivity index (χ1n) is 6.95. The molecule has 2 heterocycles. The number of aromatic hydroxyl groups is 1. The lowest BCUT2D eigenvalue weighted by Gasteiger charge is -2.22. The summed E-state index contributed by atoms with van der Waals surface area (Å²) in [5, 5.41) is 13.5. The molecule has 0 aliphatic carbocycles. The van der Waals surface area contributed by atoms with Crippen molar-refractivity contribution >= 4 is 15.9 Å². The van der Waals surface area contributed by atoms with Crippen LogP contribution in [0.5, 0.6) is 5.88 Å². The number of hydrogen-bond donors (Lipinski definition) is 3. The number of hydrogen-bond acceptors (Lipinski definition) is 4. The van der Waals surface area contributed by atoms with Crippen molar-refractivity contribution in [1.29, 1.82) is 0 Å². The van der Waals surface area contributed by atoms with Crippen LogP contribution in [0.2, 0.25) is 0 Å². The van der Waals surface area contributed by atoms with Crippen LogP contribution in [-0.2, 0) is 0 Å². The quantitative estimate of drug-likeness (QED) is 0.777. The molecular weight excluding hydrogens is 334 g/mol. The zero-order valence-electron chi connectivity index (χ0n) is 11.4. The Kier molecular flexibility index (Phi) is 4.07. The largest absolute Gasteiger partial charge is 0.493 e. The van der Waals surface area contributed by atoms with Crippen LogP contribution in [0.3, 0.4) is 0 Å². The van der Waals surface area contributed by atoms with Gasteiger partial charge in [-0.15, -0.1) is 0 Å². The van der Waals surface area contributed by atoms with Crippen molar-refractivity contribution in [3.63, 3.8) is 0 Å². The van der Waals surface area contributed by atoms with E-state index in [1.54, 1.807) is 6.07 Å². The van der Waals surface area contributed by atoms with Crippen molar-refractivity contribution in [2.75, 3.05) is 13.1 Å². The maximum atomic E-state index is 12.4. The third kappa shape index (κ3) is 2.87. The fourth-order valence-electron chi connectivity index (χ4n) is 2.66. The minimum atomic E-state index is -0.310. The number of benzene rings is 1. The van der Waals surface area contributed by atoms with E-state index in [2.05, 4.69) is 31.2 Å². The van der Waals surface area contributed by atoms with Crippen LogP contribution in [0, 0.1) is 0 Å². The molecule has 1 aliphatic heterocycles. The predicted octanol–water partition coefficient (Wildman–Crippen LogP) is 2.37. The van der Waals surface area contributed by atoms with E-state index in [1.165, 1.54) is 0 Å². The molecule has 2 aromatic rings. The Morgan fingerprint density at radius 1 is 1.33 bits per heavy atom. The van der Waals surface area contributed by atoms with Crippen LogP contribution in [0.15, 0.2) is 33.5 Å². The van der Waals surface area contributed by atoms with E-state index in [0.29, 0.717) is 11.4 Å². The molecule has 1 fully saturated rings. The molecule has 21 heavy (non-hydrogen) atoms. The highest BCUT2D eigenvalue weighted by molar-refractivity contribution is 9.10. The standard InChI is InChI=1S/C15H16BrN3O2/c16-11-6-2-1-5-10(11)12-14(20)18-13(19-15(12)21)9-4-3-7-17-8-9/h1-2,5-6,9,17H,3-4,7-8H2,(H2,18,19,20,21). The summed E-state index contributed by atoms with van der Waals surface area (Å²) >= 11 is 3.39. The summed E-state index contributed by atoms with van der Waals surface area (Å²) < 4.78 is 0.750. The molecular formula is C15H16BrN3O2. The van der Waals surface area contributed by atoms with E-state index >= 15 is 0 Å². The van der Waals surface area contributed by atoms with Crippen LogP contribution < -0.4 is 10.9 Å². The van der Waals surface area contributed by atoms with Crippen molar-refractivity contribution in [3.8, 4) is 17.0 Å². The summed E-state index contributed by atoms with van der Waals surface area (Å²) in [6.45, 7) is 1.76. The second-order valence-corrected chi connectivity index (χ2v) is 6.03. The maximum Gasteiger partial charge on any atom is 0.262 e. The third-order valence-electron chi connectivity index (χ3n) is 3.75. The molecule has 0 saturated carbocycles. The fourth-order valence-corrected chi connectivity index (χ4v) is 3.15. The molecule has 0 spiro atoms. The van der Waals surface area contributed by atoms with Crippen molar-refractivity contribution < 1.29 is 5.11 Å². The summed E-state index contributed by atoms with van der Waals surface area (Å²) in [4.78, 5) is 19.4. The Hall–Kier alpha value is -1.66. The van der Waals surface area contributed by atoms with Gasteiger partial charge in [-0.05, 0) is 25.5 Å². The molecule has 3 rings (SSSR count). The molecule has 1 aliphatic rings. The zero-order valence-corrected chi connectivity index (χ0v) is 13.0. The number of H-pyrrole nitrogens is 1.